The zero-order chi connectivity index (χ0) is 16.4. The number of nitrogen functional groups attached to an aromatic ring is 1. The second kappa shape index (κ2) is 5.97. The Kier molecular flexibility index (Phi) is 3.85. The van der Waals surface area contributed by atoms with E-state index in [-0.39, 0.29) is 11.6 Å². The molecule has 0 aromatic heterocycles. The van der Waals surface area contributed by atoms with Gasteiger partial charge in [0, 0.05) is 16.7 Å². The van der Waals surface area contributed by atoms with E-state index in [1.54, 1.807) is 12.1 Å². The van der Waals surface area contributed by atoms with Crippen LogP contribution in [-0.4, -0.2) is 10.9 Å². The lowest BCUT2D eigenvalue weighted by atomic mass is 9.88. The Morgan fingerprint density at radius 2 is 1.43 bits per heavy atom. The van der Waals surface area contributed by atoms with E-state index < -0.39 is 0 Å². The highest BCUT2D eigenvalue weighted by molar-refractivity contribution is 6.06. The van der Waals surface area contributed by atoms with Gasteiger partial charge in [0.1, 0.15) is 11.6 Å². The minimum atomic E-state index is 0.0144. The average Bonchev–Trinajstić information content (AvgIpc) is 2.55. The van der Waals surface area contributed by atoms with Gasteiger partial charge in [-0.25, -0.2) is 0 Å². The quantitative estimate of drug-likeness (QED) is 0.498. The predicted octanol–water partition coefficient (Wildman–Crippen LogP) is 4.32. The van der Waals surface area contributed by atoms with Crippen LogP contribution in [-0.2, 0) is 0 Å². The van der Waals surface area contributed by atoms with Gasteiger partial charge >= 0.3 is 0 Å². The zero-order valence-electron chi connectivity index (χ0n) is 12.9. The van der Waals surface area contributed by atoms with E-state index in [0.29, 0.717) is 5.56 Å². The Bertz CT molecular complexity index is 884. The molecule has 0 fully saturated rings. The Balaban J connectivity index is 2.39. The van der Waals surface area contributed by atoms with E-state index in [0.717, 1.165) is 27.8 Å². The smallest absolute Gasteiger partial charge is 0.123 e. The summed E-state index contributed by atoms with van der Waals surface area (Å²) in [4.78, 5) is 0. The second-order valence-electron chi connectivity index (χ2n) is 5.47. The molecule has 3 nitrogen and oxygen atoms in total. The molecule has 0 radical (unpaired) electrons. The summed E-state index contributed by atoms with van der Waals surface area (Å²) in [6.45, 7) is 2.03. The fourth-order valence-corrected chi connectivity index (χ4v) is 2.85. The summed E-state index contributed by atoms with van der Waals surface area (Å²) < 4.78 is 0. The number of nitrogens with one attached hydrogen (secondary N) is 1. The molecule has 0 aliphatic heterocycles. The highest BCUT2D eigenvalue weighted by atomic mass is 16.3. The third-order valence-corrected chi connectivity index (χ3v) is 3.96. The maximum absolute atomic E-state index is 10.2. The fraction of sp³-hybridized carbons (Fsp3) is 0.0500. The summed E-state index contributed by atoms with van der Waals surface area (Å²) in [5, 5.41) is 18.2. The molecule has 0 amide bonds. The Morgan fingerprint density at radius 3 is 2.09 bits per heavy atom. The van der Waals surface area contributed by atoms with Crippen LogP contribution >= 0.6 is 0 Å². The van der Waals surface area contributed by atoms with Gasteiger partial charge in [0.05, 0.1) is 0 Å². The molecule has 3 aromatic rings. The molecule has 0 saturated carbocycles. The van der Waals surface area contributed by atoms with Crippen LogP contribution in [0.5, 0.6) is 5.75 Å². The van der Waals surface area contributed by atoms with Crippen LogP contribution in [0.15, 0.2) is 66.7 Å². The molecule has 0 bridgehead atoms. The summed E-state index contributed by atoms with van der Waals surface area (Å²) >= 11 is 0. The largest absolute Gasteiger partial charge is 0.507 e. The number of hydrogen-bond acceptors (Lipinski definition) is 2. The number of phenols is 1. The maximum atomic E-state index is 10.2. The molecule has 4 N–H and O–H groups in total. The summed E-state index contributed by atoms with van der Waals surface area (Å²) in [5.41, 5.74) is 11.1. The van der Waals surface area contributed by atoms with Crippen molar-refractivity contribution in [1.82, 2.24) is 0 Å². The topological polar surface area (TPSA) is 70.1 Å². The van der Waals surface area contributed by atoms with Crippen molar-refractivity contribution < 1.29 is 5.11 Å². The van der Waals surface area contributed by atoms with E-state index >= 15 is 0 Å². The van der Waals surface area contributed by atoms with Crippen molar-refractivity contribution >= 4 is 5.84 Å². The number of rotatable bonds is 3. The molecule has 0 heterocycles. The van der Waals surface area contributed by atoms with Crippen molar-refractivity contribution in [2.45, 2.75) is 6.92 Å². The second-order valence-corrected chi connectivity index (χ2v) is 5.47. The number of aromatic hydroxyl groups is 1. The molecule has 0 saturated heterocycles. The normalized spacial score (nSPS) is 10.5. The van der Waals surface area contributed by atoms with Gasteiger partial charge < -0.3 is 10.8 Å². The van der Waals surface area contributed by atoms with Gasteiger partial charge in [0.25, 0.3) is 0 Å². The van der Waals surface area contributed by atoms with E-state index in [1.807, 2.05) is 61.5 Å². The van der Waals surface area contributed by atoms with Crippen molar-refractivity contribution in [2.75, 3.05) is 0 Å². The van der Waals surface area contributed by atoms with E-state index in [2.05, 4.69) is 0 Å². The SMILES string of the molecule is Cc1ccccc1-c1c(C(=N)N)cccc1-c1ccccc1O. The van der Waals surface area contributed by atoms with Gasteiger partial charge in [-0.05, 0) is 29.7 Å². The molecule has 23 heavy (non-hydrogen) atoms. The van der Waals surface area contributed by atoms with Crippen molar-refractivity contribution in [2.24, 2.45) is 5.73 Å². The first kappa shape index (κ1) is 14.9. The Labute approximate surface area is 135 Å². The summed E-state index contributed by atoms with van der Waals surface area (Å²) in [6, 6.07) is 20.9. The monoisotopic (exact) mass is 302 g/mol. The first-order valence-corrected chi connectivity index (χ1v) is 7.41. The number of aryl methyl sites for hydroxylation is 1. The minimum absolute atomic E-state index is 0.0144. The highest BCUT2D eigenvalue weighted by Crippen LogP contribution is 2.39. The number of phenolic OH excluding ortho intramolecular Hbond substituents is 1. The van der Waals surface area contributed by atoms with Crippen molar-refractivity contribution in [3.63, 3.8) is 0 Å². The fourth-order valence-electron chi connectivity index (χ4n) is 2.85. The number of hydrogen-bond donors (Lipinski definition) is 3. The van der Waals surface area contributed by atoms with Crippen LogP contribution in [0.3, 0.4) is 0 Å². The van der Waals surface area contributed by atoms with Gasteiger partial charge in [-0.3, -0.25) is 5.41 Å². The summed E-state index contributed by atoms with van der Waals surface area (Å²) in [7, 11) is 0. The third-order valence-electron chi connectivity index (χ3n) is 3.96. The first-order valence-electron chi connectivity index (χ1n) is 7.41. The predicted molar refractivity (Wildman–Crippen MR) is 94.7 cm³/mol. The molecule has 0 aliphatic carbocycles. The lowest BCUT2D eigenvalue weighted by Crippen LogP contribution is -2.13. The molecule has 3 heteroatoms. The molecule has 0 spiro atoms. The number of amidine groups is 1. The zero-order valence-corrected chi connectivity index (χ0v) is 12.9. The Morgan fingerprint density at radius 1 is 0.826 bits per heavy atom. The summed E-state index contributed by atoms with van der Waals surface area (Å²) in [5.74, 6) is 0.226. The van der Waals surface area contributed by atoms with Gasteiger partial charge in [-0.2, -0.15) is 0 Å². The van der Waals surface area contributed by atoms with Crippen molar-refractivity contribution in [3.05, 3.63) is 77.9 Å². The van der Waals surface area contributed by atoms with E-state index in [1.165, 1.54) is 0 Å². The van der Waals surface area contributed by atoms with Crippen LogP contribution in [0.1, 0.15) is 11.1 Å². The molecular formula is C20H18N2O. The maximum Gasteiger partial charge on any atom is 0.123 e. The van der Waals surface area contributed by atoms with E-state index in [9.17, 15) is 5.11 Å². The van der Waals surface area contributed by atoms with Crippen LogP contribution in [0.2, 0.25) is 0 Å². The summed E-state index contributed by atoms with van der Waals surface area (Å²) in [6.07, 6.45) is 0. The standard InChI is InChI=1S/C20H18N2O/c1-13-7-2-3-8-14(13)19-16(10-6-11-17(19)20(21)22)15-9-4-5-12-18(15)23/h2-12,23H,1H3,(H3,21,22). The molecular weight excluding hydrogens is 284 g/mol. The van der Waals surface area contributed by atoms with Crippen molar-refractivity contribution in [3.8, 4) is 28.0 Å². The van der Waals surface area contributed by atoms with Gasteiger partial charge in [-0.1, -0.05) is 60.7 Å². The van der Waals surface area contributed by atoms with Gasteiger partial charge in [-0.15, -0.1) is 0 Å². The van der Waals surface area contributed by atoms with Crippen LogP contribution < -0.4 is 5.73 Å². The van der Waals surface area contributed by atoms with Crippen molar-refractivity contribution in [1.29, 1.82) is 5.41 Å². The lowest BCUT2D eigenvalue weighted by Gasteiger charge is -2.17. The van der Waals surface area contributed by atoms with Crippen LogP contribution in [0.4, 0.5) is 0 Å². The molecule has 114 valence electrons. The highest BCUT2D eigenvalue weighted by Gasteiger charge is 2.17. The average molecular weight is 302 g/mol. The molecule has 0 atom stereocenters. The molecule has 0 aliphatic rings. The van der Waals surface area contributed by atoms with Gasteiger partial charge in [0.2, 0.25) is 0 Å². The first-order chi connectivity index (χ1) is 11.1. The molecule has 0 unspecified atom stereocenters. The Hall–Kier alpha value is -3.07. The third kappa shape index (κ3) is 2.69. The number of nitrogens with two attached hydrogens (primary N) is 1. The van der Waals surface area contributed by atoms with Crippen LogP contribution in [0, 0.1) is 12.3 Å². The molecule has 3 rings (SSSR count). The number of benzene rings is 3. The van der Waals surface area contributed by atoms with Gasteiger partial charge in [0.15, 0.2) is 0 Å². The minimum Gasteiger partial charge on any atom is -0.507 e. The lowest BCUT2D eigenvalue weighted by molar-refractivity contribution is 0.477. The van der Waals surface area contributed by atoms with Crippen LogP contribution in [0.25, 0.3) is 22.3 Å². The number of para-hydroxylation sites is 1. The van der Waals surface area contributed by atoms with E-state index in [4.69, 9.17) is 11.1 Å². The molecule has 3 aromatic carbocycles.